The Balaban J connectivity index is 1.96. The van der Waals surface area contributed by atoms with Crippen LogP contribution in [0.15, 0.2) is 48.5 Å². The van der Waals surface area contributed by atoms with Gasteiger partial charge in [-0.1, -0.05) is 68.8 Å². The van der Waals surface area contributed by atoms with Crippen LogP contribution in [0.3, 0.4) is 0 Å². The summed E-state index contributed by atoms with van der Waals surface area (Å²) in [4.78, 5) is 0. The molecule has 0 amide bonds. The third kappa shape index (κ3) is 3.19. The van der Waals surface area contributed by atoms with Crippen molar-refractivity contribution in [3.05, 3.63) is 59.7 Å². The van der Waals surface area contributed by atoms with Crippen molar-refractivity contribution in [1.29, 1.82) is 0 Å². The van der Waals surface area contributed by atoms with Crippen molar-refractivity contribution in [3.8, 4) is 11.1 Å². The Labute approximate surface area is 128 Å². The Morgan fingerprint density at radius 1 is 0.952 bits per heavy atom. The van der Waals surface area contributed by atoms with E-state index in [9.17, 15) is 0 Å². The third-order valence-electron chi connectivity index (χ3n) is 4.51. The summed E-state index contributed by atoms with van der Waals surface area (Å²) in [5.41, 5.74) is 5.77. The van der Waals surface area contributed by atoms with Gasteiger partial charge in [-0.3, -0.25) is 0 Å². The van der Waals surface area contributed by atoms with E-state index >= 15 is 0 Å². The second kappa shape index (κ2) is 6.44. The van der Waals surface area contributed by atoms with Gasteiger partial charge in [0.1, 0.15) is 0 Å². The molecule has 2 aromatic carbocycles. The first-order chi connectivity index (χ1) is 10.3. The van der Waals surface area contributed by atoms with Crippen LogP contribution < -0.4 is 5.32 Å². The zero-order valence-electron chi connectivity index (χ0n) is 13.1. The van der Waals surface area contributed by atoms with Crippen molar-refractivity contribution in [2.75, 3.05) is 0 Å². The molecule has 21 heavy (non-hydrogen) atoms. The molecule has 0 heterocycles. The van der Waals surface area contributed by atoms with Gasteiger partial charge >= 0.3 is 0 Å². The normalized spacial score (nSPS) is 15.2. The topological polar surface area (TPSA) is 12.0 Å². The average Bonchev–Trinajstić information content (AvgIpc) is 2.44. The summed E-state index contributed by atoms with van der Waals surface area (Å²) < 4.78 is 0. The lowest BCUT2D eigenvalue weighted by Crippen LogP contribution is -2.22. The smallest absolute Gasteiger partial charge is 0.0214 e. The van der Waals surface area contributed by atoms with Crippen molar-refractivity contribution >= 4 is 0 Å². The van der Waals surface area contributed by atoms with Gasteiger partial charge in [-0.15, -0.1) is 0 Å². The summed E-state index contributed by atoms with van der Waals surface area (Å²) >= 11 is 0. The first kappa shape index (κ1) is 14.3. The van der Waals surface area contributed by atoms with Gasteiger partial charge in [-0.05, 0) is 41.0 Å². The first-order valence-corrected chi connectivity index (χ1v) is 8.16. The zero-order valence-corrected chi connectivity index (χ0v) is 13.1. The van der Waals surface area contributed by atoms with Gasteiger partial charge in [-0.2, -0.15) is 0 Å². The molecule has 1 heteroatoms. The summed E-state index contributed by atoms with van der Waals surface area (Å²) in [7, 11) is 0. The maximum absolute atomic E-state index is 3.55. The Hall–Kier alpha value is -1.60. The predicted molar refractivity (Wildman–Crippen MR) is 90.4 cm³/mol. The molecular weight excluding hydrogens is 254 g/mol. The van der Waals surface area contributed by atoms with Crippen LogP contribution in [0.1, 0.15) is 50.2 Å². The van der Waals surface area contributed by atoms with E-state index in [0.29, 0.717) is 6.04 Å². The Kier molecular flexibility index (Phi) is 4.40. The van der Waals surface area contributed by atoms with Crippen LogP contribution in [0, 0.1) is 0 Å². The number of nitrogens with one attached hydrogen (secondary N) is 1. The molecule has 1 N–H and O–H groups in total. The van der Waals surface area contributed by atoms with E-state index in [2.05, 4.69) is 67.7 Å². The van der Waals surface area contributed by atoms with E-state index in [0.717, 1.165) is 12.5 Å². The molecule has 0 aliphatic heterocycles. The van der Waals surface area contributed by atoms with Crippen LogP contribution in [0.25, 0.3) is 11.1 Å². The van der Waals surface area contributed by atoms with E-state index in [1.807, 2.05) is 0 Å². The summed E-state index contributed by atoms with van der Waals surface area (Å²) in [6, 6.07) is 18.3. The molecule has 1 aliphatic carbocycles. The minimum absolute atomic E-state index is 0.514. The fraction of sp³-hybridized carbons (Fsp3) is 0.400. The van der Waals surface area contributed by atoms with E-state index in [-0.39, 0.29) is 0 Å². The van der Waals surface area contributed by atoms with Crippen LogP contribution in [0.2, 0.25) is 0 Å². The van der Waals surface area contributed by atoms with E-state index in [4.69, 9.17) is 0 Å². The Morgan fingerprint density at radius 2 is 1.62 bits per heavy atom. The molecule has 0 unspecified atom stereocenters. The molecule has 3 rings (SSSR count). The molecule has 0 radical (unpaired) electrons. The van der Waals surface area contributed by atoms with Gasteiger partial charge in [0, 0.05) is 12.6 Å². The van der Waals surface area contributed by atoms with E-state index < -0.39 is 0 Å². The molecule has 0 bridgehead atoms. The quantitative estimate of drug-likeness (QED) is 0.801. The Bertz CT molecular complexity index is 596. The summed E-state index contributed by atoms with van der Waals surface area (Å²) in [6.45, 7) is 5.34. The van der Waals surface area contributed by atoms with Crippen LogP contribution in [-0.2, 0) is 6.54 Å². The Morgan fingerprint density at radius 3 is 2.29 bits per heavy atom. The van der Waals surface area contributed by atoms with Crippen LogP contribution in [0.4, 0.5) is 0 Å². The second-order valence-corrected chi connectivity index (χ2v) is 6.41. The van der Waals surface area contributed by atoms with Crippen LogP contribution >= 0.6 is 0 Å². The largest absolute Gasteiger partial charge is 0.310 e. The van der Waals surface area contributed by atoms with E-state index in [1.54, 1.807) is 5.56 Å². The zero-order chi connectivity index (χ0) is 14.7. The van der Waals surface area contributed by atoms with Crippen molar-refractivity contribution in [2.45, 2.75) is 51.6 Å². The standard InChI is InChI=1S/C20H25N/c1-15(2)21-14-17-8-3-4-12-19(17)20-13-6-5-11-18(20)16-9-7-10-16/h3-6,8,11-13,15-16,21H,7,9-10,14H2,1-2H3. The fourth-order valence-electron chi connectivity index (χ4n) is 3.07. The second-order valence-electron chi connectivity index (χ2n) is 6.41. The van der Waals surface area contributed by atoms with E-state index in [1.165, 1.54) is 36.0 Å². The lowest BCUT2D eigenvalue weighted by Gasteiger charge is -2.28. The lowest BCUT2D eigenvalue weighted by atomic mass is 9.77. The van der Waals surface area contributed by atoms with Gasteiger partial charge in [0.15, 0.2) is 0 Å². The SMILES string of the molecule is CC(C)NCc1ccccc1-c1ccccc1C1CCC1. The molecule has 110 valence electrons. The average molecular weight is 279 g/mol. The summed E-state index contributed by atoms with van der Waals surface area (Å²) in [5, 5.41) is 3.55. The van der Waals surface area contributed by atoms with Gasteiger partial charge in [0.25, 0.3) is 0 Å². The molecule has 1 nitrogen and oxygen atoms in total. The fourth-order valence-corrected chi connectivity index (χ4v) is 3.07. The maximum Gasteiger partial charge on any atom is 0.0214 e. The highest BCUT2D eigenvalue weighted by molar-refractivity contribution is 5.71. The maximum atomic E-state index is 3.55. The molecular formula is C20H25N. The number of hydrogen-bond acceptors (Lipinski definition) is 1. The summed E-state index contributed by atoms with van der Waals surface area (Å²) in [6.07, 6.45) is 4.09. The molecule has 0 saturated heterocycles. The van der Waals surface area contributed by atoms with Gasteiger partial charge in [0.05, 0.1) is 0 Å². The van der Waals surface area contributed by atoms with Crippen molar-refractivity contribution in [3.63, 3.8) is 0 Å². The highest BCUT2D eigenvalue weighted by atomic mass is 14.9. The highest BCUT2D eigenvalue weighted by Crippen LogP contribution is 2.41. The molecule has 2 aromatic rings. The highest BCUT2D eigenvalue weighted by Gasteiger charge is 2.22. The number of rotatable bonds is 5. The van der Waals surface area contributed by atoms with Crippen molar-refractivity contribution in [1.82, 2.24) is 5.32 Å². The minimum Gasteiger partial charge on any atom is -0.310 e. The van der Waals surface area contributed by atoms with Gasteiger partial charge in [-0.25, -0.2) is 0 Å². The number of hydrogen-bond donors (Lipinski definition) is 1. The van der Waals surface area contributed by atoms with Gasteiger partial charge in [0.2, 0.25) is 0 Å². The molecule has 0 atom stereocenters. The van der Waals surface area contributed by atoms with Crippen LogP contribution in [0.5, 0.6) is 0 Å². The van der Waals surface area contributed by atoms with Gasteiger partial charge < -0.3 is 5.32 Å². The first-order valence-electron chi connectivity index (χ1n) is 8.16. The molecule has 0 spiro atoms. The van der Waals surface area contributed by atoms with Crippen molar-refractivity contribution < 1.29 is 0 Å². The number of benzene rings is 2. The third-order valence-corrected chi connectivity index (χ3v) is 4.51. The molecule has 1 fully saturated rings. The molecule has 1 aliphatic rings. The molecule has 0 aromatic heterocycles. The monoisotopic (exact) mass is 279 g/mol. The van der Waals surface area contributed by atoms with Crippen LogP contribution in [-0.4, -0.2) is 6.04 Å². The summed E-state index contributed by atoms with van der Waals surface area (Å²) in [5.74, 6) is 0.771. The minimum atomic E-state index is 0.514. The predicted octanol–water partition coefficient (Wildman–Crippen LogP) is 5.12. The molecule has 1 saturated carbocycles. The van der Waals surface area contributed by atoms with Crippen molar-refractivity contribution in [2.24, 2.45) is 0 Å². The lowest BCUT2D eigenvalue weighted by molar-refractivity contribution is 0.420.